The zero-order chi connectivity index (χ0) is 18.6. The molecule has 0 aliphatic carbocycles. The number of nitrogens with zero attached hydrogens (tertiary/aromatic N) is 1. The molecule has 0 saturated carbocycles. The molecule has 0 radical (unpaired) electrons. The minimum absolute atomic E-state index is 0.000830. The van der Waals surface area contributed by atoms with Crippen LogP contribution in [0.4, 0.5) is 13.2 Å². The van der Waals surface area contributed by atoms with Gasteiger partial charge in [-0.25, -0.2) is 0 Å². The smallest absolute Gasteiger partial charge is 0.417 e. The van der Waals surface area contributed by atoms with Gasteiger partial charge in [-0.2, -0.15) is 13.2 Å². The van der Waals surface area contributed by atoms with Gasteiger partial charge in [0.1, 0.15) is 6.04 Å². The Kier molecular flexibility index (Phi) is 5.66. The highest BCUT2D eigenvalue weighted by molar-refractivity contribution is 6.00. The highest BCUT2D eigenvalue weighted by atomic mass is 19.4. The first kappa shape index (κ1) is 18.8. The van der Waals surface area contributed by atoms with Gasteiger partial charge < -0.3 is 15.0 Å². The predicted molar refractivity (Wildman–Crippen MR) is 80.5 cm³/mol. The van der Waals surface area contributed by atoms with E-state index in [4.69, 9.17) is 4.74 Å². The molecule has 1 N–H and O–H groups in total. The van der Waals surface area contributed by atoms with E-state index < -0.39 is 47.5 Å². The van der Waals surface area contributed by atoms with E-state index in [2.05, 4.69) is 5.32 Å². The van der Waals surface area contributed by atoms with E-state index in [1.165, 1.54) is 12.1 Å². The van der Waals surface area contributed by atoms with Gasteiger partial charge in [-0.05, 0) is 19.1 Å². The van der Waals surface area contributed by atoms with E-state index in [1.807, 2.05) is 0 Å². The molecule has 1 unspecified atom stereocenters. The molecule has 1 aliphatic rings. The summed E-state index contributed by atoms with van der Waals surface area (Å²) in [4.78, 5) is 37.3. The molecule has 0 bridgehead atoms. The zero-order valence-corrected chi connectivity index (χ0v) is 13.4. The molecule has 1 aromatic rings. The largest absolute Gasteiger partial charge is 0.466 e. The van der Waals surface area contributed by atoms with Crippen molar-refractivity contribution >= 4 is 17.8 Å². The fourth-order valence-electron chi connectivity index (χ4n) is 2.61. The van der Waals surface area contributed by atoms with Crippen molar-refractivity contribution < 1.29 is 32.3 Å². The molecule has 9 heteroatoms. The second kappa shape index (κ2) is 7.54. The Labute approximate surface area is 141 Å². The lowest BCUT2D eigenvalue weighted by molar-refractivity contribution is -0.147. The van der Waals surface area contributed by atoms with Crippen LogP contribution in [-0.4, -0.2) is 48.4 Å². The van der Waals surface area contributed by atoms with Crippen LogP contribution in [0.15, 0.2) is 24.3 Å². The van der Waals surface area contributed by atoms with E-state index >= 15 is 0 Å². The maximum absolute atomic E-state index is 13.1. The van der Waals surface area contributed by atoms with Crippen LogP contribution in [-0.2, 0) is 20.5 Å². The highest BCUT2D eigenvalue weighted by Gasteiger charge is 2.40. The van der Waals surface area contributed by atoms with Crippen LogP contribution in [0.5, 0.6) is 0 Å². The number of piperazine rings is 1. The minimum Gasteiger partial charge on any atom is -0.466 e. The van der Waals surface area contributed by atoms with Crippen molar-refractivity contribution in [3.05, 3.63) is 35.4 Å². The number of esters is 1. The number of rotatable bonds is 4. The van der Waals surface area contributed by atoms with Gasteiger partial charge in [0.05, 0.1) is 24.2 Å². The van der Waals surface area contributed by atoms with Gasteiger partial charge in [0.25, 0.3) is 5.91 Å². The maximum atomic E-state index is 13.1. The Hall–Kier alpha value is -2.58. The summed E-state index contributed by atoms with van der Waals surface area (Å²) in [6.07, 6.45) is -5.12. The summed E-state index contributed by atoms with van der Waals surface area (Å²) < 4.78 is 44.2. The number of benzene rings is 1. The van der Waals surface area contributed by atoms with Crippen LogP contribution in [0.2, 0.25) is 0 Å². The Morgan fingerprint density at radius 1 is 1.32 bits per heavy atom. The van der Waals surface area contributed by atoms with Crippen molar-refractivity contribution in [3.8, 4) is 0 Å². The van der Waals surface area contributed by atoms with E-state index in [-0.39, 0.29) is 19.7 Å². The number of carbonyl (C=O) groups is 3. The van der Waals surface area contributed by atoms with Crippen molar-refractivity contribution in [1.29, 1.82) is 0 Å². The number of hydrogen-bond acceptors (Lipinski definition) is 4. The third kappa shape index (κ3) is 4.28. The van der Waals surface area contributed by atoms with Crippen molar-refractivity contribution in [2.45, 2.75) is 25.6 Å². The van der Waals surface area contributed by atoms with Crippen molar-refractivity contribution in [2.75, 3.05) is 19.7 Å². The van der Waals surface area contributed by atoms with Gasteiger partial charge in [-0.3, -0.25) is 14.4 Å². The topological polar surface area (TPSA) is 75.7 Å². The van der Waals surface area contributed by atoms with Crippen molar-refractivity contribution in [3.63, 3.8) is 0 Å². The minimum atomic E-state index is -4.71. The van der Waals surface area contributed by atoms with Gasteiger partial charge >= 0.3 is 12.1 Å². The lowest BCUT2D eigenvalue weighted by atomic mass is 10.0. The summed E-state index contributed by atoms with van der Waals surface area (Å²) in [7, 11) is 0. The second-order valence-electron chi connectivity index (χ2n) is 5.36. The van der Waals surface area contributed by atoms with Gasteiger partial charge in [-0.1, -0.05) is 12.1 Å². The molecule has 1 atom stereocenters. The lowest BCUT2D eigenvalue weighted by Gasteiger charge is -2.35. The Bertz CT molecular complexity index is 676. The highest BCUT2D eigenvalue weighted by Crippen LogP contribution is 2.32. The van der Waals surface area contributed by atoms with E-state index in [0.717, 1.165) is 17.0 Å². The Balaban J connectivity index is 2.33. The molecule has 136 valence electrons. The summed E-state index contributed by atoms with van der Waals surface area (Å²) in [5.41, 5.74) is -1.64. The summed E-state index contributed by atoms with van der Waals surface area (Å²) in [6, 6.07) is 3.14. The van der Waals surface area contributed by atoms with Gasteiger partial charge in [0, 0.05) is 13.1 Å². The molecule has 25 heavy (non-hydrogen) atoms. The number of carbonyl (C=O) groups excluding carboxylic acids is 3. The molecule has 6 nitrogen and oxygen atoms in total. The summed E-state index contributed by atoms with van der Waals surface area (Å²) >= 11 is 0. The lowest BCUT2D eigenvalue weighted by Crippen LogP contribution is -2.58. The molecule has 1 aromatic carbocycles. The number of alkyl halides is 3. The molecule has 1 fully saturated rings. The Morgan fingerprint density at radius 3 is 2.64 bits per heavy atom. The van der Waals surface area contributed by atoms with E-state index in [9.17, 15) is 27.6 Å². The number of nitrogens with one attached hydrogen (secondary N) is 1. The number of halogens is 3. The average molecular weight is 358 g/mol. The van der Waals surface area contributed by atoms with Crippen LogP contribution in [0.1, 0.15) is 29.3 Å². The van der Waals surface area contributed by atoms with Crippen LogP contribution in [0.25, 0.3) is 0 Å². The molecule has 2 rings (SSSR count). The molecule has 2 amide bonds. The quantitative estimate of drug-likeness (QED) is 0.830. The monoisotopic (exact) mass is 358 g/mol. The first-order chi connectivity index (χ1) is 11.8. The third-order valence-electron chi connectivity index (χ3n) is 3.72. The number of hydrogen-bond donors (Lipinski definition) is 1. The third-order valence-corrected chi connectivity index (χ3v) is 3.72. The van der Waals surface area contributed by atoms with Crippen LogP contribution < -0.4 is 5.32 Å². The molecular weight excluding hydrogens is 341 g/mol. The fraction of sp³-hybridized carbons (Fsp3) is 0.438. The van der Waals surface area contributed by atoms with Gasteiger partial charge in [-0.15, -0.1) is 0 Å². The zero-order valence-electron chi connectivity index (χ0n) is 13.4. The summed E-state index contributed by atoms with van der Waals surface area (Å²) in [5, 5.41) is 2.50. The average Bonchev–Trinajstić information content (AvgIpc) is 2.55. The van der Waals surface area contributed by atoms with Crippen LogP contribution in [0.3, 0.4) is 0 Å². The molecule has 1 aliphatic heterocycles. The second-order valence-corrected chi connectivity index (χ2v) is 5.36. The number of amides is 2. The number of ether oxygens (including phenoxy) is 1. The van der Waals surface area contributed by atoms with E-state index in [1.54, 1.807) is 6.92 Å². The predicted octanol–water partition coefficient (Wildman–Crippen LogP) is 1.60. The van der Waals surface area contributed by atoms with Crippen LogP contribution >= 0.6 is 0 Å². The molecule has 1 saturated heterocycles. The van der Waals surface area contributed by atoms with Crippen molar-refractivity contribution in [1.82, 2.24) is 10.2 Å². The first-order valence-electron chi connectivity index (χ1n) is 7.66. The summed E-state index contributed by atoms with van der Waals surface area (Å²) in [6.45, 7) is 1.78. The van der Waals surface area contributed by atoms with Gasteiger partial charge in [0.2, 0.25) is 5.91 Å². The maximum Gasteiger partial charge on any atom is 0.417 e. The normalized spacial score (nSPS) is 17.8. The SMILES string of the molecule is CCOC(=O)CC1C(=O)NCCN1C(=O)c1ccccc1C(F)(F)F. The molecule has 0 spiro atoms. The molecular formula is C16H17F3N2O4. The standard InChI is InChI=1S/C16H17F3N2O4/c1-2-25-13(22)9-12-14(23)20-7-8-21(12)15(24)10-5-3-4-6-11(10)16(17,18)19/h3-6,12H,2,7-9H2,1H3,(H,20,23). The fourth-order valence-corrected chi connectivity index (χ4v) is 2.61. The molecule has 0 aromatic heterocycles. The summed E-state index contributed by atoms with van der Waals surface area (Å²) in [5.74, 6) is -2.25. The van der Waals surface area contributed by atoms with E-state index in [0.29, 0.717) is 0 Å². The first-order valence-corrected chi connectivity index (χ1v) is 7.66. The Morgan fingerprint density at radius 2 is 2.00 bits per heavy atom. The van der Waals surface area contributed by atoms with Crippen molar-refractivity contribution in [2.24, 2.45) is 0 Å². The van der Waals surface area contributed by atoms with Gasteiger partial charge in [0.15, 0.2) is 0 Å². The molecule has 1 heterocycles. The van der Waals surface area contributed by atoms with Crippen LogP contribution in [0, 0.1) is 0 Å².